The Bertz CT molecular complexity index is 983. The van der Waals surface area contributed by atoms with E-state index in [1.807, 2.05) is 30.3 Å². The topological polar surface area (TPSA) is 39.2 Å². The first kappa shape index (κ1) is 18.1. The van der Waals surface area contributed by atoms with Gasteiger partial charge < -0.3 is 4.74 Å². The van der Waals surface area contributed by atoms with Crippen molar-refractivity contribution in [2.24, 2.45) is 0 Å². The molecule has 0 aliphatic rings. The molecule has 0 unspecified atom stereocenters. The van der Waals surface area contributed by atoms with Gasteiger partial charge in [0.2, 0.25) is 0 Å². The minimum absolute atomic E-state index is 0.0473. The molecule has 1 aromatic heterocycles. The maximum atomic E-state index is 12.9. The van der Waals surface area contributed by atoms with Gasteiger partial charge in [-0.15, -0.1) is 0 Å². The minimum atomic E-state index is -1.09. The molecule has 0 bridgehead atoms. The van der Waals surface area contributed by atoms with Crippen LogP contribution in [0.25, 0.3) is 21.7 Å². The molecule has 0 amide bonds. The second kappa shape index (κ2) is 7.24. The zero-order valence-corrected chi connectivity index (χ0v) is 16.6. The summed E-state index contributed by atoms with van der Waals surface area (Å²) in [5, 5.41) is 2.57. The SMILES string of the molecule is C[Si](C)(C)CCOCc1ccc2ccc3ncc(Cl)cc3c(=O)c2c1. The number of fused-ring (bicyclic) bond motifs is 2. The number of aromatic nitrogens is 1. The highest BCUT2D eigenvalue weighted by molar-refractivity contribution is 6.76. The monoisotopic (exact) mass is 371 g/mol. The molecule has 0 saturated carbocycles. The van der Waals surface area contributed by atoms with E-state index in [2.05, 4.69) is 24.6 Å². The number of ether oxygens (including phenoxy) is 1. The van der Waals surface area contributed by atoms with Gasteiger partial charge >= 0.3 is 0 Å². The maximum absolute atomic E-state index is 12.9. The lowest BCUT2D eigenvalue weighted by Crippen LogP contribution is -2.21. The van der Waals surface area contributed by atoms with Crippen LogP contribution in [0.3, 0.4) is 0 Å². The van der Waals surface area contributed by atoms with Crippen LogP contribution in [-0.2, 0) is 11.3 Å². The van der Waals surface area contributed by atoms with E-state index in [9.17, 15) is 4.79 Å². The molecule has 130 valence electrons. The van der Waals surface area contributed by atoms with Crippen LogP contribution in [0.2, 0.25) is 30.7 Å². The zero-order chi connectivity index (χ0) is 18.0. The second-order valence-corrected chi connectivity index (χ2v) is 13.6. The molecule has 2 aromatic carbocycles. The standard InChI is InChI=1S/C20H22ClNO2Si/c1-25(2,3)9-8-24-13-14-4-5-15-6-7-19-18(11-16(21)12-22-19)20(23)17(15)10-14/h4-7,10-12H,8-9,13H2,1-3H3. The molecule has 0 N–H and O–H groups in total. The number of halogens is 1. The van der Waals surface area contributed by atoms with Crippen molar-refractivity contribution in [1.82, 2.24) is 4.98 Å². The highest BCUT2D eigenvalue weighted by Crippen LogP contribution is 2.19. The van der Waals surface area contributed by atoms with Crippen LogP contribution < -0.4 is 5.43 Å². The Balaban J connectivity index is 1.95. The summed E-state index contributed by atoms with van der Waals surface area (Å²) >= 11 is 6.02. The van der Waals surface area contributed by atoms with Crippen molar-refractivity contribution in [3.05, 3.63) is 63.4 Å². The van der Waals surface area contributed by atoms with Gasteiger partial charge in [0, 0.05) is 31.7 Å². The summed E-state index contributed by atoms with van der Waals surface area (Å²) in [6.45, 7) is 8.29. The van der Waals surface area contributed by atoms with Crippen LogP contribution in [0.5, 0.6) is 0 Å². The molecule has 1 heterocycles. The van der Waals surface area contributed by atoms with E-state index in [0.717, 1.165) is 23.6 Å². The molecule has 0 spiro atoms. The fourth-order valence-corrected chi connectivity index (χ4v) is 3.60. The fraction of sp³-hybridized carbons (Fsp3) is 0.300. The van der Waals surface area contributed by atoms with Crippen LogP contribution >= 0.6 is 11.6 Å². The lowest BCUT2D eigenvalue weighted by Gasteiger charge is -2.15. The molecule has 3 aromatic rings. The maximum Gasteiger partial charge on any atom is 0.195 e. The van der Waals surface area contributed by atoms with E-state index in [1.165, 1.54) is 0 Å². The normalized spacial score (nSPS) is 12.0. The number of hydrogen-bond donors (Lipinski definition) is 0. The minimum Gasteiger partial charge on any atom is -0.377 e. The smallest absolute Gasteiger partial charge is 0.195 e. The van der Waals surface area contributed by atoms with Crippen molar-refractivity contribution in [3.8, 4) is 0 Å². The predicted molar refractivity (Wildman–Crippen MR) is 108 cm³/mol. The number of benzene rings is 1. The largest absolute Gasteiger partial charge is 0.377 e. The summed E-state index contributed by atoms with van der Waals surface area (Å²) in [4.78, 5) is 17.2. The molecule has 0 aliphatic heterocycles. The van der Waals surface area contributed by atoms with Crippen molar-refractivity contribution in [1.29, 1.82) is 0 Å². The Hall–Kier alpha value is -1.75. The molecule has 0 aliphatic carbocycles. The van der Waals surface area contributed by atoms with Crippen LogP contribution in [0, 0.1) is 0 Å². The van der Waals surface area contributed by atoms with E-state index in [-0.39, 0.29) is 5.43 Å². The van der Waals surface area contributed by atoms with Crippen LogP contribution in [0.15, 0.2) is 47.4 Å². The van der Waals surface area contributed by atoms with E-state index < -0.39 is 8.07 Å². The van der Waals surface area contributed by atoms with Gasteiger partial charge in [-0.1, -0.05) is 49.4 Å². The first-order valence-electron chi connectivity index (χ1n) is 8.42. The highest BCUT2D eigenvalue weighted by Gasteiger charge is 2.12. The Morgan fingerprint density at radius 2 is 1.84 bits per heavy atom. The van der Waals surface area contributed by atoms with Gasteiger partial charge in [0.15, 0.2) is 5.43 Å². The van der Waals surface area contributed by atoms with Crippen molar-refractivity contribution in [3.63, 3.8) is 0 Å². The van der Waals surface area contributed by atoms with Crippen molar-refractivity contribution < 1.29 is 4.74 Å². The molecule has 0 atom stereocenters. The fourth-order valence-electron chi connectivity index (χ4n) is 2.68. The number of hydrogen-bond acceptors (Lipinski definition) is 3. The molecular formula is C20H22ClNO2Si. The molecule has 0 radical (unpaired) electrons. The highest BCUT2D eigenvalue weighted by atomic mass is 35.5. The Labute approximate surface area is 153 Å². The first-order valence-corrected chi connectivity index (χ1v) is 12.5. The van der Waals surface area contributed by atoms with Gasteiger partial charge in [-0.05, 0) is 35.2 Å². The predicted octanol–water partition coefficient (Wildman–Crippen LogP) is 5.26. The Kier molecular flexibility index (Phi) is 5.23. The van der Waals surface area contributed by atoms with Gasteiger partial charge in [-0.25, -0.2) is 0 Å². The molecule has 0 saturated heterocycles. The Morgan fingerprint density at radius 3 is 2.60 bits per heavy atom. The first-order chi connectivity index (χ1) is 11.8. The molecule has 5 heteroatoms. The summed E-state index contributed by atoms with van der Waals surface area (Å²) in [6.07, 6.45) is 1.56. The molecular weight excluding hydrogens is 350 g/mol. The number of pyridine rings is 1. The van der Waals surface area contributed by atoms with E-state index in [0.29, 0.717) is 27.9 Å². The third kappa shape index (κ3) is 4.45. The van der Waals surface area contributed by atoms with Gasteiger partial charge in [0.05, 0.1) is 17.1 Å². The lowest BCUT2D eigenvalue weighted by molar-refractivity contribution is 0.133. The average molecular weight is 372 g/mol. The summed E-state index contributed by atoms with van der Waals surface area (Å²) in [7, 11) is -1.09. The van der Waals surface area contributed by atoms with Crippen molar-refractivity contribution in [2.45, 2.75) is 32.3 Å². The van der Waals surface area contributed by atoms with Gasteiger partial charge in [0.1, 0.15) is 0 Å². The molecule has 3 nitrogen and oxygen atoms in total. The van der Waals surface area contributed by atoms with Crippen molar-refractivity contribution in [2.75, 3.05) is 6.61 Å². The second-order valence-electron chi connectivity index (χ2n) is 7.53. The number of rotatable bonds is 5. The van der Waals surface area contributed by atoms with Gasteiger partial charge in [-0.2, -0.15) is 0 Å². The summed E-state index contributed by atoms with van der Waals surface area (Å²) in [5.41, 5.74) is 1.61. The van der Waals surface area contributed by atoms with Gasteiger partial charge in [0.25, 0.3) is 0 Å². The van der Waals surface area contributed by atoms with Crippen LogP contribution in [0.4, 0.5) is 0 Å². The summed E-state index contributed by atoms with van der Waals surface area (Å²) < 4.78 is 5.81. The van der Waals surface area contributed by atoms with Crippen molar-refractivity contribution >= 4 is 41.4 Å². The lowest BCUT2D eigenvalue weighted by atomic mass is 10.1. The number of nitrogens with zero attached hydrogens (tertiary/aromatic N) is 1. The quantitative estimate of drug-likeness (QED) is 0.453. The molecule has 25 heavy (non-hydrogen) atoms. The summed E-state index contributed by atoms with van der Waals surface area (Å²) in [6, 6.07) is 12.5. The zero-order valence-electron chi connectivity index (χ0n) is 14.8. The van der Waals surface area contributed by atoms with Crippen LogP contribution in [-0.4, -0.2) is 19.7 Å². The van der Waals surface area contributed by atoms with E-state index >= 15 is 0 Å². The third-order valence-electron chi connectivity index (χ3n) is 4.18. The Morgan fingerprint density at radius 1 is 1.08 bits per heavy atom. The van der Waals surface area contributed by atoms with E-state index in [1.54, 1.807) is 12.3 Å². The molecule has 3 rings (SSSR count). The molecule has 0 fully saturated rings. The average Bonchev–Trinajstić information content (AvgIpc) is 2.69. The summed E-state index contributed by atoms with van der Waals surface area (Å²) in [5.74, 6) is 0. The third-order valence-corrected chi connectivity index (χ3v) is 6.09. The van der Waals surface area contributed by atoms with Gasteiger partial charge in [-0.3, -0.25) is 9.78 Å². The van der Waals surface area contributed by atoms with E-state index in [4.69, 9.17) is 16.3 Å². The van der Waals surface area contributed by atoms with Crippen LogP contribution in [0.1, 0.15) is 5.56 Å².